The van der Waals surface area contributed by atoms with Crippen LogP contribution in [0.1, 0.15) is 77.3 Å². The number of hydrogen-bond acceptors (Lipinski definition) is 2. The highest BCUT2D eigenvalue weighted by Gasteiger charge is 2.36. The Bertz CT molecular complexity index is 597. The van der Waals surface area contributed by atoms with Crippen LogP contribution in [0.3, 0.4) is 0 Å². The predicted octanol–water partition coefficient (Wildman–Crippen LogP) is 7.19. The van der Waals surface area contributed by atoms with Gasteiger partial charge in [-0.05, 0) is 35.7 Å². The average molecular weight is 389 g/mol. The zero-order chi connectivity index (χ0) is 20.3. The standard InChI is InChI=1S/C24H40O2Si/c1-7-8-9-10-11-18-23(25)20-22-16-13-12-15-21(22)17-14-19-26-27(5,6)24(2,3)4/h12-17H,7-11,18-20H2,1-6H3/b17-14+. The van der Waals surface area contributed by atoms with Crippen molar-refractivity contribution in [1.82, 2.24) is 0 Å². The number of Topliss-reactive ketones (excluding diaryl/α,β-unsaturated/α-hetero) is 1. The van der Waals surface area contributed by atoms with Crippen LogP contribution in [0.2, 0.25) is 18.1 Å². The molecular formula is C24H40O2Si. The quantitative estimate of drug-likeness (QED) is 0.280. The van der Waals surface area contributed by atoms with Crippen LogP contribution in [0.4, 0.5) is 0 Å². The maximum atomic E-state index is 12.3. The van der Waals surface area contributed by atoms with Gasteiger partial charge in [0.2, 0.25) is 0 Å². The fourth-order valence-corrected chi connectivity index (χ4v) is 3.68. The Kier molecular flexibility index (Phi) is 10.2. The first-order chi connectivity index (χ1) is 12.7. The molecule has 1 aromatic carbocycles. The molecule has 0 aliphatic heterocycles. The average Bonchev–Trinajstić information content (AvgIpc) is 2.59. The Morgan fingerprint density at radius 3 is 2.41 bits per heavy atom. The van der Waals surface area contributed by atoms with Gasteiger partial charge in [-0.2, -0.15) is 0 Å². The van der Waals surface area contributed by atoms with Gasteiger partial charge in [0.25, 0.3) is 0 Å². The molecule has 0 aromatic heterocycles. The molecule has 0 aliphatic rings. The van der Waals surface area contributed by atoms with Crippen LogP contribution in [-0.2, 0) is 15.6 Å². The summed E-state index contributed by atoms with van der Waals surface area (Å²) in [5.41, 5.74) is 2.26. The molecule has 0 radical (unpaired) electrons. The Labute approximate surface area is 168 Å². The lowest BCUT2D eigenvalue weighted by molar-refractivity contribution is -0.118. The Morgan fingerprint density at radius 1 is 1.07 bits per heavy atom. The molecule has 1 rings (SSSR count). The number of benzene rings is 1. The van der Waals surface area contributed by atoms with Crippen molar-refractivity contribution < 1.29 is 9.22 Å². The van der Waals surface area contributed by atoms with E-state index in [1.807, 2.05) is 12.1 Å². The number of unbranched alkanes of at least 4 members (excludes halogenated alkanes) is 4. The van der Waals surface area contributed by atoms with Crippen molar-refractivity contribution in [3.8, 4) is 0 Å². The summed E-state index contributed by atoms with van der Waals surface area (Å²) >= 11 is 0. The van der Waals surface area contributed by atoms with E-state index in [4.69, 9.17) is 4.43 Å². The first-order valence-corrected chi connectivity index (χ1v) is 13.5. The summed E-state index contributed by atoms with van der Waals surface area (Å²) in [6.45, 7) is 14.2. The van der Waals surface area contributed by atoms with Gasteiger partial charge in [0.15, 0.2) is 8.32 Å². The molecule has 152 valence electrons. The number of hydrogen-bond donors (Lipinski definition) is 0. The SMILES string of the molecule is CCCCCCCC(=O)Cc1ccccc1/C=C/CO[Si](C)(C)C(C)(C)C. The summed E-state index contributed by atoms with van der Waals surface area (Å²) in [4.78, 5) is 12.3. The molecule has 3 heteroatoms. The van der Waals surface area contributed by atoms with Gasteiger partial charge in [-0.1, -0.05) is 89.8 Å². The number of rotatable bonds is 12. The molecule has 0 N–H and O–H groups in total. The Morgan fingerprint density at radius 2 is 1.74 bits per heavy atom. The minimum Gasteiger partial charge on any atom is -0.413 e. The molecule has 0 unspecified atom stereocenters. The lowest BCUT2D eigenvalue weighted by Crippen LogP contribution is -2.40. The molecule has 0 amide bonds. The minimum atomic E-state index is -1.71. The molecule has 0 saturated heterocycles. The summed E-state index contributed by atoms with van der Waals surface area (Å²) in [6, 6.07) is 8.22. The minimum absolute atomic E-state index is 0.224. The molecule has 0 aliphatic carbocycles. The lowest BCUT2D eigenvalue weighted by atomic mass is 9.99. The monoisotopic (exact) mass is 388 g/mol. The molecule has 0 heterocycles. The Hall–Kier alpha value is -1.19. The molecular weight excluding hydrogens is 348 g/mol. The van der Waals surface area contributed by atoms with Gasteiger partial charge in [0, 0.05) is 12.8 Å². The summed E-state index contributed by atoms with van der Waals surface area (Å²) in [6.07, 6.45) is 11.4. The highest BCUT2D eigenvalue weighted by Crippen LogP contribution is 2.36. The molecule has 0 fully saturated rings. The summed E-state index contributed by atoms with van der Waals surface area (Å²) in [5.74, 6) is 0.352. The maximum Gasteiger partial charge on any atom is 0.192 e. The van der Waals surface area contributed by atoms with Crippen LogP contribution < -0.4 is 0 Å². The smallest absolute Gasteiger partial charge is 0.192 e. The largest absolute Gasteiger partial charge is 0.413 e. The number of carbonyl (C=O) groups is 1. The van der Waals surface area contributed by atoms with E-state index in [1.54, 1.807) is 0 Å². The van der Waals surface area contributed by atoms with Crippen molar-refractivity contribution in [3.63, 3.8) is 0 Å². The van der Waals surface area contributed by atoms with E-state index in [2.05, 4.69) is 65.1 Å². The molecule has 2 nitrogen and oxygen atoms in total. The zero-order valence-corrected chi connectivity index (χ0v) is 19.4. The van der Waals surface area contributed by atoms with Gasteiger partial charge in [-0.25, -0.2) is 0 Å². The second-order valence-electron chi connectivity index (χ2n) is 9.05. The van der Waals surface area contributed by atoms with Crippen LogP contribution in [-0.4, -0.2) is 20.7 Å². The first-order valence-electron chi connectivity index (χ1n) is 10.6. The van der Waals surface area contributed by atoms with Crippen molar-refractivity contribution in [1.29, 1.82) is 0 Å². The van der Waals surface area contributed by atoms with E-state index in [0.29, 0.717) is 25.2 Å². The fourth-order valence-electron chi connectivity index (χ4n) is 2.73. The van der Waals surface area contributed by atoms with E-state index in [1.165, 1.54) is 25.7 Å². The van der Waals surface area contributed by atoms with E-state index in [-0.39, 0.29) is 5.04 Å². The fraction of sp³-hybridized carbons (Fsp3) is 0.625. The van der Waals surface area contributed by atoms with Crippen LogP contribution in [0.15, 0.2) is 30.3 Å². The van der Waals surface area contributed by atoms with E-state index in [0.717, 1.165) is 17.5 Å². The topological polar surface area (TPSA) is 26.3 Å². The van der Waals surface area contributed by atoms with Gasteiger partial charge < -0.3 is 4.43 Å². The van der Waals surface area contributed by atoms with E-state index in [9.17, 15) is 4.79 Å². The Balaban J connectivity index is 2.55. The molecule has 0 saturated carbocycles. The van der Waals surface area contributed by atoms with Crippen molar-refractivity contribution in [2.45, 2.75) is 90.8 Å². The third-order valence-corrected chi connectivity index (χ3v) is 10.1. The number of ketones is 1. The number of carbonyl (C=O) groups excluding carboxylic acids is 1. The molecule has 27 heavy (non-hydrogen) atoms. The van der Waals surface area contributed by atoms with Crippen molar-refractivity contribution >= 4 is 20.2 Å². The summed E-state index contributed by atoms with van der Waals surface area (Å²) < 4.78 is 6.21. The predicted molar refractivity (Wildman–Crippen MR) is 121 cm³/mol. The highest BCUT2D eigenvalue weighted by molar-refractivity contribution is 6.74. The second kappa shape index (κ2) is 11.6. The third kappa shape index (κ3) is 9.03. The second-order valence-corrected chi connectivity index (χ2v) is 13.9. The van der Waals surface area contributed by atoms with Gasteiger partial charge in [0.05, 0.1) is 6.61 Å². The first kappa shape index (κ1) is 23.8. The third-order valence-electron chi connectivity index (χ3n) is 5.65. The highest BCUT2D eigenvalue weighted by atomic mass is 28.4. The van der Waals surface area contributed by atoms with Gasteiger partial charge in [-0.15, -0.1) is 0 Å². The van der Waals surface area contributed by atoms with Gasteiger partial charge in [-0.3, -0.25) is 4.79 Å². The zero-order valence-electron chi connectivity index (χ0n) is 18.4. The molecule has 1 aromatic rings. The molecule has 0 spiro atoms. The van der Waals surface area contributed by atoms with E-state index >= 15 is 0 Å². The maximum absolute atomic E-state index is 12.3. The van der Waals surface area contributed by atoms with Crippen molar-refractivity contribution in [2.24, 2.45) is 0 Å². The summed E-state index contributed by atoms with van der Waals surface area (Å²) in [5, 5.41) is 0.224. The van der Waals surface area contributed by atoms with Gasteiger partial charge >= 0.3 is 0 Å². The van der Waals surface area contributed by atoms with Crippen molar-refractivity contribution in [2.75, 3.05) is 6.61 Å². The van der Waals surface area contributed by atoms with Crippen LogP contribution in [0.25, 0.3) is 6.08 Å². The van der Waals surface area contributed by atoms with Crippen LogP contribution >= 0.6 is 0 Å². The molecule has 0 bridgehead atoms. The summed E-state index contributed by atoms with van der Waals surface area (Å²) in [7, 11) is -1.71. The van der Waals surface area contributed by atoms with Crippen LogP contribution in [0.5, 0.6) is 0 Å². The molecule has 0 atom stereocenters. The normalized spacial score (nSPS) is 12.7. The van der Waals surface area contributed by atoms with Crippen LogP contribution in [0, 0.1) is 0 Å². The van der Waals surface area contributed by atoms with Crippen molar-refractivity contribution in [3.05, 3.63) is 41.5 Å². The van der Waals surface area contributed by atoms with E-state index < -0.39 is 8.32 Å². The lowest BCUT2D eigenvalue weighted by Gasteiger charge is -2.35. The van der Waals surface area contributed by atoms with Gasteiger partial charge in [0.1, 0.15) is 5.78 Å².